The summed E-state index contributed by atoms with van der Waals surface area (Å²) in [5.74, 6) is 0. The zero-order valence-corrected chi connectivity index (χ0v) is 13.4. The minimum absolute atomic E-state index is 0.111. The van der Waals surface area contributed by atoms with Crippen molar-refractivity contribution in [3.05, 3.63) is 52.0 Å². The molecule has 0 fully saturated rings. The van der Waals surface area contributed by atoms with E-state index in [2.05, 4.69) is 20.7 Å². The van der Waals surface area contributed by atoms with Gasteiger partial charge in [0.05, 0.1) is 12.3 Å². The fraction of sp³-hybridized carbons (Fsp3) is 0.286. The number of aliphatic hydroxyl groups is 1. The fourth-order valence-corrected chi connectivity index (χ4v) is 3.65. The predicted octanol–water partition coefficient (Wildman–Crippen LogP) is 2.84. The Bertz CT molecular complexity index is 665. The van der Waals surface area contributed by atoms with E-state index in [1.807, 2.05) is 6.08 Å². The van der Waals surface area contributed by atoms with Crippen molar-refractivity contribution in [2.45, 2.75) is 25.2 Å². The number of anilines is 1. The Morgan fingerprint density at radius 2 is 2.20 bits per heavy atom. The number of halogens is 1. The Labute approximate surface area is 127 Å². The fourth-order valence-electron chi connectivity index (χ4n) is 2.00. The summed E-state index contributed by atoms with van der Waals surface area (Å²) in [4.78, 5) is 0. The Morgan fingerprint density at radius 1 is 1.45 bits per heavy atom. The number of allylic oxidation sites excluding steroid dienone is 3. The Hall–Kier alpha value is -1.11. The van der Waals surface area contributed by atoms with Gasteiger partial charge in [-0.25, -0.2) is 8.42 Å². The number of hydrogen-bond acceptors (Lipinski definition) is 3. The van der Waals surface area contributed by atoms with E-state index in [0.717, 1.165) is 10.0 Å². The number of nitrogens with one attached hydrogen (secondary N) is 1. The molecule has 0 saturated carbocycles. The van der Waals surface area contributed by atoms with Crippen LogP contribution in [0, 0.1) is 6.92 Å². The van der Waals surface area contributed by atoms with Crippen LogP contribution in [0.1, 0.15) is 17.5 Å². The molecule has 1 atom stereocenters. The van der Waals surface area contributed by atoms with Gasteiger partial charge in [-0.05, 0) is 30.5 Å². The van der Waals surface area contributed by atoms with Gasteiger partial charge in [0, 0.05) is 4.48 Å². The molecule has 0 aromatic heterocycles. The molecule has 2 rings (SSSR count). The highest BCUT2D eigenvalue weighted by molar-refractivity contribution is 9.11. The highest BCUT2D eigenvalue weighted by Gasteiger charge is 2.24. The highest BCUT2D eigenvalue weighted by atomic mass is 79.9. The molecule has 1 aliphatic rings. The molecule has 0 bridgehead atoms. The van der Waals surface area contributed by atoms with Gasteiger partial charge in [0.25, 0.3) is 0 Å². The summed E-state index contributed by atoms with van der Waals surface area (Å²) in [5.41, 5.74) is 1.97. The van der Waals surface area contributed by atoms with Gasteiger partial charge < -0.3 is 5.11 Å². The molecule has 1 unspecified atom stereocenters. The first-order valence-corrected chi connectivity index (χ1v) is 8.53. The Morgan fingerprint density at radius 3 is 2.80 bits per heavy atom. The summed E-state index contributed by atoms with van der Waals surface area (Å²) < 4.78 is 28.2. The molecule has 2 N–H and O–H groups in total. The van der Waals surface area contributed by atoms with E-state index in [9.17, 15) is 13.5 Å². The third-order valence-corrected chi connectivity index (χ3v) is 5.52. The first-order chi connectivity index (χ1) is 9.44. The van der Waals surface area contributed by atoms with Crippen LogP contribution in [0.3, 0.4) is 0 Å². The molecule has 1 aromatic carbocycles. The maximum atomic E-state index is 12.3. The lowest BCUT2D eigenvalue weighted by Crippen LogP contribution is -2.27. The van der Waals surface area contributed by atoms with Crippen LogP contribution in [0.25, 0.3) is 0 Å². The number of sulfonamides is 1. The van der Waals surface area contributed by atoms with E-state index < -0.39 is 15.3 Å². The first kappa shape index (κ1) is 15.3. The number of hydrogen-bond donors (Lipinski definition) is 2. The van der Waals surface area contributed by atoms with Crippen molar-refractivity contribution in [3.8, 4) is 0 Å². The van der Waals surface area contributed by atoms with Crippen LogP contribution in [-0.2, 0) is 16.6 Å². The molecule has 6 heteroatoms. The van der Waals surface area contributed by atoms with E-state index in [1.54, 1.807) is 37.3 Å². The second-order valence-electron chi connectivity index (χ2n) is 4.62. The highest BCUT2D eigenvalue weighted by Crippen LogP contribution is 2.25. The molecule has 0 aliphatic heterocycles. The van der Waals surface area contributed by atoms with Crippen molar-refractivity contribution in [1.29, 1.82) is 0 Å². The molecular weight excluding hydrogens is 342 g/mol. The minimum Gasteiger partial charge on any atom is -0.392 e. The van der Waals surface area contributed by atoms with Crippen LogP contribution in [0.2, 0.25) is 0 Å². The van der Waals surface area contributed by atoms with Crippen molar-refractivity contribution < 1.29 is 13.5 Å². The van der Waals surface area contributed by atoms with E-state index >= 15 is 0 Å². The molecule has 0 radical (unpaired) electrons. The van der Waals surface area contributed by atoms with Crippen LogP contribution in [0.4, 0.5) is 5.69 Å². The van der Waals surface area contributed by atoms with E-state index in [1.165, 1.54) is 0 Å². The predicted molar refractivity (Wildman–Crippen MR) is 84.2 cm³/mol. The van der Waals surface area contributed by atoms with Crippen molar-refractivity contribution in [1.82, 2.24) is 0 Å². The Kier molecular flexibility index (Phi) is 4.67. The zero-order chi connectivity index (χ0) is 14.8. The second kappa shape index (κ2) is 6.11. The average Bonchev–Trinajstić information content (AvgIpc) is 2.41. The largest absolute Gasteiger partial charge is 0.392 e. The summed E-state index contributed by atoms with van der Waals surface area (Å²) in [6.45, 7) is 1.68. The zero-order valence-electron chi connectivity index (χ0n) is 11.0. The molecular formula is C14H16BrNO3S. The molecule has 0 heterocycles. The molecule has 1 aliphatic carbocycles. The topological polar surface area (TPSA) is 66.4 Å². The van der Waals surface area contributed by atoms with Gasteiger partial charge in [-0.3, -0.25) is 4.72 Å². The molecule has 20 heavy (non-hydrogen) atoms. The van der Waals surface area contributed by atoms with Gasteiger partial charge in [0.2, 0.25) is 10.0 Å². The SMILES string of the molecule is Cc1c(CO)cccc1NS(=O)(=O)C1C=CC(Br)=CC1. The van der Waals surface area contributed by atoms with Crippen molar-refractivity contribution >= 4 is 31.6 Å². The average molecular weight is 358 g/mol. The third kappa shape index (κ3) is 3.31. The number of aliphatic hydroxyl groups excluding tert-OH is 1. The monoisotopic (exact) mass is 357 g/mol. The van der Waals surface area contributed by atoms with Crippen LogP contribution < -0.4 is 4.72 Å². The second-order valence-corrected chi connectivity index (χ2v) is 7.43. The van der Waals surface area contributed by atoms with Gasteiger partial charge >= 0.3 is 0 Å². The maximum Gasteiger partial charge on any atom is 0.239 e. The molecule has 108 valence electrons. The van der Waals surface area contributed by atoms with Crippen molar-refractivity contribution in [3.63, 3.8) is 0 Å². The summed E-state index contributed by atoms with van der Waals surface area (Å²) in [6, 6.07) is 5.20. The number of rotatable bonds is 4. The van der Waals surface area contributed by atoms with Gasteiger partial charge in [-0.15, -0.1) is 0 Å². The van der Waals surface area contributed by atoms with Crippen molar-refractivity contribution in [2.24, 2.45) is 0 Å². The van der Waals surface area contributed by atoms with E-state index in [4.69, 9.17) is 0 Å². The molecule has 0 saturated heterocycles. The molecule has 0 spiro atoms. The van der Waals surface area contributed by atoms with Crippen LogP contribution in [0.5, 0.6) is 0 Å². The quantitative estimate of drug-likeness (QED) is 0.870. The molecule has 4 nitrogen and oxygen atoms in total. The number of benzene rings is 1. The summed E-state index contributed by atoms with van der Waals surface area (Å²) in [6.07, 6.45) is 5.67. The van der Waals surface area contributed by atoms with Crippen LogP contribution >= 0.6 is 15.9 Å². The van der Waals surface area contributed by atoms with Gasteiger partial charge in [-0.1, -0.05) is 46.3 Å². The minimum atomic E-state index is -3.49. The lowest BCUT2D eigenvalue weighted by Gasteiger charge is -2.18. The lowest BCUT2D eigenvalue weighted by atomic mass is 10.1. The lowest BCUT2D eigenvalue weighted by molar-refractivity contribution is 0.281. The summed E-state index contributed by atoms with van der Waals surface area (Å²) in [5, 5.41) is 8.64. The van der Waals surface area contributed by atoms with E-state index in [-0.39, 0.29) is 6.61 Å². The summed E-state index contributed by atoms with van der Waals surface area (Å²) >= 11 is 3.31. The van der Waals surface area contributed by atoms with Gasteiger partial charge in [0.15, 0.2) is 0 Å². The Balaban J connectivity index is 2.23. The van der Waals surface area contributed by atoms with Gasteiger partial charge in [0.1, 0.15) is 5.25 Å². The normalized spacial score (nSPS) is 18.8. The summed E-state index contributed by atoms with van der Waals surface area (Å²) in [7, 11) is -3.49. The van der Waals surface area contributed by atoms with Crippen LogP contribution in [-0.4, -0.2) is 18.8 Å². The smallest absolute Gasteiger partial charge is 0.239 e. The molecule has 1 aromatic rings. The molecule has 0 amide bonds. The van der Waals surface area contributed by atoms with E-state index in [0.29, 0.717) is 17.7 Å². The third-order valence-electron chi connectivity index (χ3n) is 3.28. The van der Waals surface area contributed by atoms with Gasteiger partial charge in [-0.2, -0.15) is 0 Å². The maximum absolute atomic E-state index is 12.3. The van der Waals surface area contributed by atoms with Crippen LogP contribution in [0.15, 0.2) is 40.9 Å². The van der Waals surface area contributed by atoms with Crippen molar-refractivity contribution in [2.75, 3.05) is 4.72 Å². The first-order valence-electron chi connectivity index (χ1n) is 6.19. The standard InChI is InChI=1S/C14H16BrNO3S/c1-10-11(9-17)3-2-4-14(10)16-20(18,19)13-7-5-12(15)6-8-13/h2-7,13,16-17H,8-9H2,1H3.